The summed E-state index contributed by atoms with van der Waals surface area (Å²) in [5, 5.41) is 2.96. The van der Waals surface area contributed by atoms with Gasteiger partial charge in [-0.15, -0.1) is 0 Å². The third-order valence-electron chi connectivity index (χ3n) is 4.61. The Kier molecular flexibility index (Phi) is 6.79. The van der Waals surface area contributed by atoms with Crippen molar-refractivity contribution in [2.75, 3.05) is 23.8 Å². The zero-order valence-electron chi connectivity index (χ0n) is 17.1. The van der Waals surface area contributed by atoms with Gasteiger partial charge in [-0.1, -0.05) is 13.3 Å². The normalized spacial score (nSPS) is 10.4. The Balaban J connectivity index is 1.64. The van der Waals surface area contributed by atoms with Crippen LogP contribution in [-0.4, -0.2) is 29.5 Å². The van der Waals surface area contributed by atoms with E-state index in [1.807, 2.05) is 43.3 Å². The van der Waals surface area contributed by atoms with Gasteiger partial charge in [0.15, 0.2) is 0 Å². The van der Waals surface area contributed by atoms with Crippen molar-refractivity contribution in [3.8, 4) is 11.8 Å². The number of rotatable bonds is 8. The molecule has 0 saturated heterocycles. The van der Waals surface area contributed by atoms with E-state index in [9.17, 15) is 4.79 Å². The summed E-state index contributed by atoms with van der Waals surface area (Å²) in [4.78, 5) is 22.9. The maximum Gasteiger partial charge on any atom is 0.321 e. The number of aromatic nitrogens is 2. The van der Waals surface area contributed by atoms with E-state index in [1.54, 1.807) is 24.5 Å². The molecule has 1 heterocycles. The van der Waals surface area contributed by atoms with E-state index >= 15 is 0 Å². The van der Waals surface area contributed by atoms with Crippen molar-refractivity contribution in [2.45, 2.75) is 26.7 Å². The molecule has 0 unspecified atom stereocenters. The number of benzene rings is 2. The first-order valence-corrected chi connectivity index (χ1v) is 9.75. The number of nitrogens with one attached hydrogen (secondary N) is 1. The summed E-state index contributed by atoms with van der Waals surface area (Å²) in [6.45, 7) is 5.10. The number of hydrogen-bond donors (Lipinski definition) is 1. The van der Waals surface area contributed by atoms with Crippen LogP contribution in [0, 0.1) is 6.92 Å². The van der Waals surface area contributed by atoms with E-state index in [1.165, 1.54) is 0 Å². The van der Waals surface area contributed by atoms with Crippen LogP contribution in [0.3, 0.4) is 0 Å². The highest BCUT2D eigenvalue weighted by molar-refractivity contribution is 6.04. The van der Waals surface area contributed by atoms with Crippen molar-refractivity contribution < 1.29 is 9.53 Å². The summed E-state index contributed by atoms with van der Waals surface area (Å²) in [5.74, 6) is 0.474. The monoisotopic (exact) mass is 390 g/mol. The van der Waals surface area contributed by atoms with Crippen LogP contribution in [0.1, 0.15) is 35.7 Å². The predicted molar refractivity (Wildman–Crippen MR) is 116 cm³/mol. The first-order chi connectivity index (χ1) is 14.1. The Morgan fingerprint density at radius 2 is 1.83 bits per heavy atom. The molecule has 0 bridgehead atoms. The van der Waals surface area contributed by atoms with Gasteiger partial charge in [-0.25, -0.2) is 9.97 Å². The van der Waals surface area contributed by atoms with Crippen LogP contribution in [-0.2, 0) is 0 Å². The third-order valence-corrected chi connectivity index (χ3v) is 4.61. The zero-order chi connectivity index (χ0) is 20.6. The molecule has 3 rings (SSSR count). The Hall–Kier alpha value is -3.41. The van der Waals surface area contributed by atoms with E-state index in [0.29, 0.717) is 11.3 Å². The topological polar surface area (TPSA) is 67.4 Å². The van der Waals surface area contributed by atoms with Crippen molar-refractivity contribution in [1.29, 1.82) is 0 Å². The number of carbonyl (C=O) groups excluding carboxylic acids is 1. The second-order valence-corrected chi connectivity index (χ2v) is 6.89. The van der Waals surface area contributed by atoms with Gasteiger partial charge >= 0.3 is 6.01 Å². The molecule has 0 aliphatic rings. The summed E-state index contributed by atoms with van der Waals surface area (Å²) in [6, 6.07) is 15.1. The lowest BCUT2D eigenvalue weighted by Gasteiger charge is -2.19. The zero-order valence-corrected chi connectivity index (χ0v) is 17.1. The molecule has 3 aromatic rings. The lowest BCUT2D eigenvalue weighted by Crippen LogP contribution is -2.18. The van der Waals surface area contributed by atoms with E-state index in [4.69, 9.17) is 4.74 Å². The largest absolute Gasteiger partial charge is 0.424 e. The van der Waals surface area contributed by atoms with E-state index < -0.39 is 0 Å². The minimum Gasteiger partial charge on any atom is -0.424 e. The van der Waals surface area contributed by atoms with Crippen molar-refractivity contribution in [1.82, 2.24) is 9.97 Å². The average molecular weight is 390 g/mol. The average Bonchev–Trinajstić information content (AvgIpc) is 2.74. The quantitative estimate of drug-likeness (QED) is 0.582. The molecule has 0 aliphatic carbocycles. The first kappa shape index (κ1) is 20.3. The second-order valence-electron chi connectivity index (χ2n) is 6.89. The van der Waals surface area contributed by atoms with Gasteiger partial charge in [0.1, 0.15) is 5.75 Å². The molecular formula is C23H26N4O2. The summed E-state index contributed by atoms with van der Waals surface area (Å²) in [6.07, 6.45) is 5.55. The van der Waals surface area contributed by atoms with Gasteiger partial charge in [0.25, 0.3) is 5.91 Å². The fourth-order valence-corrected chi connectivity index (χ4v) is 2.87. The SMILES string of the molecule is CCCCN(C)c1ccc(C(=O)Nc2ccc(Oc3ncccn3)cc2C)cc1. The van der Waals surface area contributed by atoms with Crippen LogP contribution in [0.25, 0.3) is 0 Å². The molecule has 1 N–H and O–H groups in total. The molecule has 0 atom stereocenters. The summed E-state index contributed by atoms with van der Waals surface area (Å²) >= 11 is 0. The van der Waals surface area contributed by atoms with Crippen molar-refractivity contribution in [2.24, 2.45) is 0 Å². The van der Waals surface area contributed by atoms with E-state index in [2.05, 4.69) is 34.2 Å². The van der Waals surface area contributed by atoms with Crippen LogP contribution in [0.4, 0.5) is 11.4 Å². The van der Waals surface area contributed by atoms with Crippen molar-refractivity contribution >= 4 is 17.3 Å². The first-order valence-electron chi connectivity index (χ1n) is 9.75. The Morgan fingerprint density at radius 1 is 1.10 bits per heavy atom. The highest BCUT2D eigenvalue weighted by Gasteiger charge is 2.10. The molecule has 1 amide bonds. The number of carbonyl (C=O) groups is 1. The molecule has 6 nitrogen and oxygen atoms in total. The second kappa shape index (κ2) is 9.68. The van der Waals surface area contributed by atoms with Crippen molar-refractivity contribution in [3.05, 3.63) is 72.1 Å². The minimum atomic E-state index is -0.143. The van der Waals surface area contributed by atoms with Gasteiger partial charge < -0.3 is 15.0 Å². The van der Waals surface area contributed by atoms with Gasteiger partial charge in [-0.3, -0.25) is 4.79 Å². The summed E-state index contributed by atoms with van der Waals surface area (Å²) < 4.78 is 5.63. The molecule has 0 spiro atoms. The highest BCUT2D eigenvalue weighted by Crippen LogP contribution is 2.25. The highest BCUT2D eigenvalue weighted by atomic mass is 16.5. The fourth-order valence-electron chi connectivity index (χ4n) is 2.87. The fraction of sp³-hybridized carbons (Fsp3) is 0.261. The summed E-state index contributed by atoms with van der Waals surface area (Å²) in [5.41, 5.74) is 3.36. The van der Waals surface area contributed by atoms with Gasteiger partial charge in [0, 0.05) is 42.9 Å². The molecular weight excluding hydrogens is 364 g/mol. The van der Waals surface area contributed by atoms with Crippen LogP contribution < -0.4 is 15.0 Å². The van der Waals surface area contributed by atoms with Crippen molar-refractivity contribution in [3.63, 3.8) is 0 Å². The van der Waals surface area contributed by atoms with Gasteiger partial charge in [-0.2, -0.15) is 0 Å². The van der Waals surface area contributed by atoms with Gasteiger partial charge in [-0.05, 0) is 67.4 Å². The number of aryl methyl sites for hydroxylation is 1. The lowest BCUT2D eigenvalue weighted by atomic mass is 10.1. The number of ether oxygens (including phenoxy) is 1. The molecule has 1 aromatic heterocycles. The van der Waals surface area contributed by atoms with Gasteiger partial charge in [0.05, 0.1) is 0 Å². The third kappa shape index (κ3) is 5.54. The van der Waals surface area contributed by atoms with E-state index in [0.717, 1.165) is 36.3 Å². The molecule has 0 radical (unpaired) electrons. The number of amides is 1. The molecule has 0 fully saturated rings. The van der Waals surface area contributed by atoms with E-state index in [-0.39, 0.29) is 11.9 Å². The van der Waals surface area contributed by atoms with Crippen LogP contribution in [0.5, 0.6) is 11.8 Å². The Bertz CT molecular complexity index is 943. The van der Waals surface area contributed by atoms with Crippen LogP contribution in [0.15, 0.2) is 60.9 Å². The maximum atomic E-state index is 12.6. The summed E-state index contributed by atoms with van der Waals surface area (Å²) in [7, 11) is 2.07. The van der Waals surface area contributed by atoms with Crippen LogP contribution in [0.2, 0.25) is 0 Å². The minimum absolute atomic E-state index is 0.143. The number of nitrogens with zero attached hydrogens (tertiary/aromatic N) is 3. The van der Waals surface area contributed by atoms with Crippen LogP contribution >= 0.6 is 0 Å². The molecule has 6 heteroatoms. The molecule has 150 valence electrons. The number of anilines is 2. The standard InChI is InChI=1S/C23H26N4O2/c1-4-5-15-27(3)19-9-7-18(8-10-19)22(28)26-21-12-11-20(16-17(21)2)29-23-24-13-6-14-25-23/h6-14,16H,4-5,15H2,1-3H3,(H,26,28). The number of unbranched alkanes of at least 4 members (excludes halogenated alkanes) is 1. The Labute approximate surface area is 171 Å². The number of hydrogen-bond acceptors (Lipinski definition) is 5. The lowest BCUT2D eigenvalue weighted by molar-refractivity contribution is 0.102. The smallest absolute Gasteiger partial charge is 0.321 e. The predicted octanol–water partition coefficient (Wildman–Crippen LogP) is 5.07. The maximum absolute atomic E-state index is 12.6. The molecule has 0 aliphatic heterocycles. The molecule has 0 saturated carbocycles. The Morgan fingerprint density at radius 3 is 2.48 bits per heavy atom. The molecule has 29 heavy (non-hydrogen) atoms. The molecule has 2 aromatic carbocycles. The van der Waals surface area contributed by atoms with Gasteiger partial charge in [0.2, 0.25) is 0 Å².